The average Bonchev–Trinajstić information content (AvgIpc) is 2.46. The lowest BCUT2D eigenvalue weighted by Gasteiger charge is -2.23. The average molecular weight is 296 g/mol. The van der Waals surface area contributed by atoms with Crippen molar-refractivity contribution in [2.45, 2.75) is 20.3 Å². The predicted molar refractivity (Wildman–Crippen MR) is 77.5 cm³/mol. The number of rotatable bonds is 7. The Morgan fingerprint density at radius 3 is 2.62 bits per heavy atom. The molecule has 116 valence electrons. The van der Waals surface area contributed by atoms with Gasteiger partial charge in [0, 0.05) is 19.6 Å². The Balaban J connectivity index is 2.44. The van der Waals surface area contributed by atoms with Crippen molar-refractivity contribution in [2.75, 3.05) is 19.6 Å². The molecule has 1 rings (SSSR count). The molecule has 0 saturated heterocycles. The molecule has 0 aromatic heterocycles. The van der Waals surface area contributed by atoms with Gasteiger partial charge in [0.25, 0.3) is 0 Å². The summed E-state index contributed by atoms with van der Waals surface area (Å²) in [4.78, 5) is 24.2. The number of carbonyl (C=O) groups excluding carboxylic acids is 1. The maximum Gasteiger partial charge on any atom is 0.317 e. The van der Waals surface area contributed by atoms with Crippen molar-refractivity contribution in [3.63, 3.8) is 0 Å². The molecule has 5 nitrogen and oxygen atoms in total. The van der Waals surface area contributed by atoms with Crippen LogP contribution in [0.25, 0.3) is 0 Å². The molecule has 1 atom stereocenters. The molecule has 0 aliphatic carbocycles. The third-order valence-corrected chi connectivity index (χ3v) is 3.21. The molecule has 0 bridgehead atoms. The van der Waals surface area contributed by atoms with Crippen LogP contribution in [0.5, 0.6) is 0 Å². The molecule has 0 spiro atoms. The van der Waals surface area contributed by atoms with E-state index in [9.17, 15) is 14.0 Å². The van der Waals surface area contributed by atoms with Crippen molar-refractivity contribution in [1.29, 1.82) is 0 Å². The molecule has 1 unspecified atom stereocenters. The first-order valence-electron chi connectivity index (χ1n) is 6.94. The molecule has 0 fully saturated rings. The Labute approximate surface area is 123 Å². The minimum absolute atomic E-state index is 0.150. The van der Waals surface area contributed by atoms with Crippen LogP contribution < -0.4 is 5.32 Å². The monoisotopic (exact) mass is 296 g/mol. The molecule has 6 heteroatoms. The molecular weight excluding hydrogens is 275 g/mol. The van der Waals surface area contributed by atoms with Gasteiger partial charge in [-0.2, -0.15) is 0 Å². The number of amides is 2. The summed E-state index contributed by atoms with van der Waals surface area (Å²) < 4.78 is 13.4. The summed E-state index contributed by atoms with van der Waals surface area (Å²) in [5.74, 6) is -1.85. The first-order valence-corrected chi connectivity index (χ1v) is 6.94. The molecule has 21 heavy (non-hydrogen) atoms. The Morgan fingerprint density at radius 1 is 1.38 bits per heavy atom. The van der Waals surface area contributed by atoms with Crippen LogP contribution in [0.2, 0.25) is 0 Å². The van der Waals surface area contributed by atoms with E-state index in [1.165, 1.54) is 11.0 Å². The lowest BCUT2D eigenvalue weighted by molar-refractivity contribution is -0.141. The van der Waals surface area contributed by atoms with Gasteiger partial charge in [0.05, 0.1) is 5.92 Å². The highest BCUT2D eigenvalue weighted by Gasteiger charge is 2.18. The van der Waals surface area contributed by atoms with Crippen molar-refractivity contribution in [2.24, 2.45) is 5.92 Å². The van der Waals surface area contributed by atoms with Crippen LogP contribution in [-0.4, -0.2) is 41.6 Å². The molecule has 2 N–H and O–H groups in total. The Morgan fingerprint density at radius 2 is 2.05 bits per heavy atom. The van der Waals surface area contributed by atoms with Crippen LogP contribution >= 0.6 is 0 Å². The second-order valence-corrected chi connectivity index (χ2v) is 4.85. The molecule has 2 amide bonds. The first-order chi connectivity index (χ1) is 9.95. The third kappa shape index (κ3) is 5.41. The Kier molecular flexibility index (Phi) is 6.65. The van der Waals surface area contributed by atoms with E-state index in [0.29, 0.717) is 25.1 Å². The van der Waals surface area contributed by atoms with Gasteiger partial charge in [0.1, 0.15) is 5.82 Å². The molecule has 0 heterocycles. The van der Waals surface area contributed by atoms with E-state index in [1.807, 2.05) is 0 Å². The second-order valence-electron chi connectivity index (χ2n) is 4.85. The number of nitrogens with zero attached hydrogens (tertiary/aromatic N) is 1. The van der Waals surface area contributed by atoms with E-state index in [1.54, 1.807) is 32.0 Å². The van der Waals surface area contributed by atoms with Crippen molar-refractivity contribution >= 4 is 12.0 Å². The quantitative estimate of drug-likeness (QED) is 0.809. The highest BCUT2D eigenvalue weighted by molar-refractivity contribution is 5.75. The van der Waals surface area contributed by atoms with Gasteiger partial charge >= 0.3 is 12.0 Å². The third-order valence-electron chi connectivity index (χ3n) is 3.21. The lowest BCUT2D eigenvalue weighted by atomic mass is 10.1. The summed E-state index contributed by atoms with van der Waals surface area (Å²) in [5, 5.41) is 11.5. The normalized spacial score (nSPS) is 11.8. The summed E-state index contributed by atoms with van der Waals surface area (Å²) in [5.41, 5.74) is 0.541. The summed E-state index contributed by atoms with van der Waals surface area (Å²) in [6.45, 7) is 4.21. The molecule has 0 aliphatic heterocycles. The van der Waals surface area contributed by atoms with Crippen LogP contribution in [0.1, 0.15) is 19.4 Å². The minimum Gasteiger partial charge on any atom is -0.481 e. The van der Waals surface area contributed by atoms with Crippen molar-refractivity contribution < 1.29 is 19.1 Å². The standard InChI is InChI=1S/C15H21FN2O3/c1-3-18(10-11(2)14(19)20)15(21)17-9-8-12-6-4-5-7-13(12)16/h4-7,11H,3,8-10H2,1-2H3,(H,17,21)(H,19,20). The van der Waals surface area contributed by atoms with Gasteiger partial charge in [-0.05, 0) is 25.0 Å². The number of hydrogen-bond acceptors (Lipinski definition) is 2. The first kappa shape index (κ1) is 16.9. The number of carbonyl (C=O) groups is 2. The molecular formula is C15H21FN2O3. The highest BCUT2D eigenvalue weighted by Crippen LogP contribution is 2.06. The van der Waals surface area contributed by atoms with Gasteiger partial charge in [-0.1, -0.05) is 25.1 Å². The number of carboxylic acid groups (broad SMARTS) is 1. The maximum atomic E-state index is 13.4. The molecule has 0 radical (unpaired) electrons. The number of carboxylic acids is 1. The lowest BCUT2D eigenvalue weighted by Crippen LogP contribution is -2.43. The topological polar surface area (TPSA) is 69.6 Å². The number of hydrogen-bond donors (Lipinski definition) is 2. The van der Waals surface area contributed by atoms with Crippen molar-refractivity contribution in [1.82, 2.24) is 10.2 Å². The molecule has 0 aliphatic rings. The highest BCUT2D eigenvalue weighted by atomic mass is 19.1. The Hall–Kier alpha value is -2.11. The summed E-state index contributed by atoms with van der Waals surface area (Å²) in [6.07, 6.45) is 0.393. The number of aliphatic carboxylic acids is 1. The number of benzene rings is 1. The van der Waals surface area contributed by atoms with E-state index in [-0.39, 0.29) is 18.4 Å². The fourth-order valence-corrected chi connectivity index (χ4v) is 1.88. The number of nitrogens with one attached hydrogen (secondary N) is 1. The smallest absolute Gasteiger partial charge is 0.317 e. The molecule has 0 saturated carbocycles. The summed E-state index contributed by atoms with van der Waals surface area (Å²) in [7, 11) is 0. The van der Waals surface area contributed by atoms with Crippen molar-refractivity contribution in [3.8, 4) is 0 Å². The van der Waals surface area contributed by atoms with Gasteiger partial charge in [-0.3, -0.25) is 4.79 Å². The van der Waals surface area contributed by atoms with Gasteiger partial charge in [-0.25, -0.2) is 9.18 Å². The SMILES string of the molecule is CCN(CC(C)C(=O)O)C(=O)NCCc1ccccc1F. The summed E-state index contributed by atoms with van der Waals surface area (Å²) >= 11 is 0. The van der Waals surface area contributed by atoms with E-state index >= 15 is 0 Å². The zero-order valence-corrected chi connectivity index (χ0v) is 12.3. The van der Waals surface area contributed by atoms with Crippen LogP contribution in [-0.2, 0) is 11.2 Å². The van der Waals surface area contributed by atoms with Crippen LogP contribution in [0, 0.1) is 11.7 Å². The minimum atomic E-state index is -0.937. The largest absolute Gasteiger partial charge is 0.481 e. The van der Waals surface area contributed by atoms with Crippen LogP contribution in [0.4, 0.5) is 9.18 Å². The Bertz CT molecular complexity index is 494. The van der Waals surface area contributed by atoms with Gasteiger partial charge in [-0.15, -0.1) is 0 Å². The summed E-state index contributed by atoms with van der Waals surface area (Å²) in [6, 6.07) is 6.08. The van der Waals surface area contributed by atoms with E-state index in [2.05, 4.69) is 5.32 Å². The maximum absolute atomic E-state index is 13.4. The number of halogens is 1. The molecule has 1 aromatic carbocycles. The molecule has 1 aromatic rings. The zero-order valence-electron chi connectivity index (χ0n) is 12.3. The zero-order chi connectivity index (χ0) is 15.8. The van der Waals surface area contributed by atoms with E-state index in [4.69, 9.17) is 5.11 Å². The van der Waals surface area contributed by atoms with Gasteiger partial charge in [0.2, 0.25) is 0 Å². The van der Waals surface area contributed by atoms with E-state index in [0.717, 1.165) is 0 Å². The van der Waals surface area contributed by atoms with Crippen LogP contribution in [0.15, 0.2) is 24.3 Å². The fourth-order valence-electron chi connectivity index (χ4n) is 1.88. The van der Waals surface area contributed by atoms with Gasteiger partial charge in [0.15, 0.2) is 0 Å². The van der Waals surface area contributed by atoms with Gasteiger partial charge < -0.3 is 15.3 Å². The van der Waals surface area contributed by atoms with E-state index < -0.39 is 11.9 Å². The predicted octanol–water partition coefficient (Wildman–Crippen LogP) is 2.12. The number of urea groups is 1. The fraction of sp³-hybridized carbons (Fsp3) is 0.467. The van der Waals surface area contributed by atoms with Crippen LogP contribution in [0.3, 0.4) is 0 Å². The second kappa shape index (κ2) is 8.24. The van der Waals surface area contributed by atoms with Crippen molar-refractivity contribution in [3.05, 3.63) is 35.6 Å².